The van der Waals surface area contributed by atoms with Crippen LogP contribution >= 0.6 is 0 Å². The fourth-order valence-corrected chi connectivity index (χ4v) is 2.76. The Morgan fingerprint density at radius 2 is 2.15 bits per heavy atom. The second-order valence-corrected chi connectivity index (χ2v) is 6.25. The molecule has 0 aliphatic heterocycles. The van der Waals surface area contributed by atoms with Gasteiger partial charge in [-0.3, -0.25) is 0 Å². The first-order valence-corrected chi connectivity index (χ1v) is 7.87. The Labute approximate surface area is 119 Å². The second-order valence-electron chi connectivity index (χ2n) is 4.51. The van der Waals surface area contributed by atoms with Crippen LogP contribution in [-0.4, -0.2) is 21.5 Å². The van der Waals surface area contributed by atoms with Crippen LogP contribution in [0.1, 0.15) is 25.8 Å². The zero-order valence-electron chi connectivity index (χ0n) is 11.6. The van der Waals surface area contributed by atoms with Gasteiger partial charge in [0.25, 0.3) is 0 Å². The van der Waals surface area contributed by atoms with Crippen LogP contribution in [0.15, 0.2) is 23.1 Å². The number of nitrogens with two attached hydrogens (primary N) is 1. The average molecular weight is 298 g/mol. The number of rotatable bonds is 5. The van der Waals surface area contributed by atoms with Gasteiger partial charge in [-0.25, -0.2) is 17.5 Å². The minimum Gasteiger partial charge on any atom is -0.320 e. The van der Waals surface area contributed by atoms with E-state index in [9.17, 15) is 12.8 Å². The predicted octanol–water partition coefficient (Wildman–Crippen LogP) is 1.46. The van der Waals surface area contributed by atoms with E-state index in [0.29, 0.717) is 6.54 Å². The molecular formula is C14H19FN2O2S. The van der Waals surface area contributed by atoms with Crippen LogP contribution in [-0.2, 0) is 10.0 Å². The Bertz CT molecular complexity index is 618. The summed E-state index contributed by atoms with van der Waals surface area (Å²) >= 11 is 0. The summed E-state index contributed by atoms with van der Waals surface area (Å²) in [6.45, 7) is 4.34. The first-order chi connectivity index (χ1) is 9.40. The summed E-state index contributed by atoms with van der Waals surface area (Å²) in [6.07, 6.45) is 0.867. The Balaban J connectivity index is 3.11. The summed E-state index contributed by atoms with van der Waals surface area (Å²) in [6, 6.07) is 3.42. The van der Waals surface area contributed by atoms with Gasteiger partial charge in [0, 0.05) is 12.1 Å². The van der Waals surface area contributed by atoms with Gasteiger partial charge in [-0.1, -0.05) is 32.1 Å². The van der Waals surface area contributed by atoms with Gasteiger partial charge in [-0.2, -0.15) is 0 Å². The Hall–Kier alpha value is -1.42. The predicted molar refractivity (Wildman–Crippen MR) is 77.0 cm³/mol. The molecular weight excluding hydrogens is 279 g/mol. The van der Waals surface area contributed by atoms with E-state index in [1.165, 1.54) is 6.07 Å². The van der Waals surface area contributed by atoms with Gasteiger partial charge in [-0.15, -0.1) is 0 Å². The molecule has 0 heterocycles. The van der Waals surface area contributed by atoms with E-state index in [0.717, 1.165) is 18.6 Å². The summed E-state index contributed by atoms with van der Waals surface area (Å²) in [5, 5.41) is 0. The van der Waals surface area contributed by atoms with Crippen molar-refractivity contribution in [1.82, 2.24) is 4.72 Å². The highest BCUT2D eigenvalue weighted by Crippen LogP contribution is 2.16. The third-order valence-corrected chi connectivity index (χ3v) is 4.36. The summed E-state index contributed by atoms with van der Waals surface area (Å²) in [5.41, 5.74) is 5.38. The summed E-state index contributed by atoms with van der Waals surface area (Å²) in [5.74, 6) is 4.82. The van der Waals surface area contributed by atoms with Gasteiger partial charge in [0.15, 0.2) is 0 Å². The molecule has 3 N–H and O–H groups in total. The molecule has 1 unspecified atom stereocenters. The Morgan fingerprint density at radius 3 is 2.75 bits per heavy atom. The van der Waals surface area contributed by atoms with Crippen LogP contribution in [0.25, 0.3) is 0 Å². The molecule has 0 aromatic heterocycles. The molecule has 110 valence electrons. The zero-order chi connectivity index (χ0) is 15.2. The van der Waals surface area contributed by atoms with Crippen molar-refractivity contribution in [3.63, 3.8) is 0 Å². The first kappa shape index (κ1) is 16.6. The van der Waals surface area contributed by atoms with Crippen molar-refractivity contribution in [3.8, 4) is 11.8 Å². The van der Waals surface area contributed by atoms with Crippen molar-refractivity contribution >= 4 is 10.0 Å². The first-order valence-electron chi connectivity index (χ1n) is 6.38. The number of hydrogen-bond acceptors (Lipinski definition) is 3. The number of halogens is 1. The van der Waals surface area contributed by atoms with E-state index < -0.39 is 15.8 Å². The standard InChI is InChI=1S/C14H19FN2O2S/c1-3-11(2)10-17-20(18,19)14-7-6-13(15)9-12(14)5-4-8-16/h6-7,9,11,17H,3,8,10,16H2,1-2H3. The largest absolute Gasteiger partial charge is 0.320 e. The molecule has 6 heteroatoms. The third-order valence-electron chi connectivity index (χ3n) is 2.87. The van der Waals surface area contributed by atoms with Crippen molar-refractivity contribution in [1.29, 1.82) is 0 Å². The summed E-state index contributed by atoms with van der Waals surface area (Å²) in [4.78, 5) is -0.0249. The van der Waals surface area contributed by atoms with Gasteiger partial charge >= 0.3 is 0 Å². The van der Waals surface area contributed by atoms with E-state index in [-0.39, 0.29) is 22.9 Å². The number of sulfonamides is 1. The number of hydrogen-bond donors (Lipinski definition) is 2. The van der Waals surface area contributed by atoms with Gasteiger partial charge in [-0.05, 0) is 24.1 Å². The average Bonchev–Trinajstić information content (AvgIpc) is 2.42. The lowest BCUT2D eigenvalue weighted by Crippen LogP contribution is -2.28. The topological polar surface area (TPSA) is 72.2 Å². The lowest BCUT2D eigenvalue weighted by atomic mass is 10.1. The van der Waals surface area contributed by atoms with Crippen LogP contribution < -0.4 is 10.5 Å². The molecule has 0 spiro atoms. The smallest absolute Gasteiger partial charge is 0.241 e. The van der Waals surface area contributed by atoms with Gasteiger partial charge < -0.3 is 5.73 Å². The van der Waals surface area contributed by atoms with E-state index in [2.05, 4.69) is 16.6 Å². The maximum Gasteiger partial charge on any atom is 0.241 e. The summed E-state index contributed by atoms with van der Waals surface area (Å²) in [7, 11) is -3.70. The van der Waals surface area contributed by atoms with Crippen molar-refractivity contribution < 1.29 is 12.8 Å². The van der Waals surface area contributed by atoms with E-state index in [1.54, 1.807) is 0 Å². The van der Waals surface area contributed by atoms with Crippen LogP contribution in [0, 0.1) is 23.6 Å². The molecule has 4 nitrogen and oxygen atoms in total. The van der Waals surface area contributed by atoms with Gasteiger partial charge in [0.1, 0.15) is 5.82 Å². The monoisotopic (exact) mass is 298 g/mol. The molecule has 0 radical (unpaired) electrons. The minimum absolute atomic E-state index is 0.0249. The molecule has 0 saturated heterocycles. The Kier molecular flexibility index (Phi) is 6.14. The minimum atomic E-state index is -3.70. The van der Waals surface area contributed by atoms with Crippen LogP contribution in [0.5, 0.6) is 0 Å². The lowest BCUT2D eigenvalue weighted by molar-refractivity contribution is 0.528. The van der Waals surface area contributed by atoms with E-state index in [1.807, 2.05) is 13.8 Å². The normalized spacial score (nSPS) is 12.6. The molecule has 1 aromatic rings. The quantitative estimate of drug-likeness (QED) is 0.808. The molecule has 0 bridgehead atoms. The molecule has 0 aliphatic rings. The van der Waals surface area contributed by atoms with Crippen LogP contribution in [0.3, 0.4) is 0 Å². The maximum atomic E-state index is 13.2. The highest BCUT2D eigenvalue weighted by molar-refractivity contribution is 7.89. The Morgan fingerprint density at radius 1 is 1.45 bits per heavy atom. The molecule has 0 saturated carbocycles. The lowest BCUT2D eigenvalue weighted by Gasteiger charge is -2.12. The molecule has 1 rings (SSSR count). The molecule has 0 amide bonds. The van der Waals surface area contributed by atoms with Crippen molar-refractivity contribution in [2.24, 2.45) is 11.7 Å². The van der Waals surface area contributed by atoms with Crippen molar-refractivity contribution in [3.05, 3.63) is 29.6 Å². The van der Waals surface area contributed by atoms with Crippen LogP contribution in [0.2, 0.25) is 0 Å². The molecule has 0 fully saturated rings. The zero-order valence-corrected chi connectivity index (χ0v) is 12.4. The van der Waals surface area contributed by atoms with E-state index in [4.69, 9.17) is 5.73 Å². The van der Waals surface area contributed by atoms with Gasteiger partial charge in [0.2, 0.25) is 10.0 Å². The SMILES string of the molecule is CCC(C)CNS(=O)(=O)c1ccc(F)cc1C#CCN. The molecule has 20 heavy (non-hydrogen) atoms. The maximum absolute atomic E-state index is 13.2. The molecule has 1 atom stereocenters. The van der Waals surface area contributed by atoms with Gasteiger partial charge in [0.05, 0.1) is 11.4 Å². The number of nitrogens with one attached hydrogen (secondary N) is 1. The second kappa shape index (κ2) is 7.39. The number of benzene rings is 1. The highest BCUT2D eigenvalue weighted by Gasteiger charge is 2.18. The highest BCUT2D eigenvalue weighted by atomic mass is 32.2. The van der Waals surface area contributed by atoms with Crippen LogP contribution in [0.4, 0.5) is 4.39 Å². The van der Waals surface area contributed by atoms with Crippen molar-refractivity contribution in [2.45, 2.75) is 25.2 Å². The van der Waals surface area contributed by atoms with E-state index >= 15 is 0 Å². The molecule has 1 aromatic carbocycles. The fourth-order valence-electron chi connectivity index (χ4n) is 1.45. The third kappa shape index (κ3) is 4.60. The fraction of sp³-hybridized carbons (Fsp3) is 0.429. The van der Waals surface area contributed by atoms with Crippen molar-refractivity contribution in [2.75, 3.05) is 13.1 Å². The molecule has 0 aliphatic carbocycles. The summed E-state index contributed by atoms with van der Waals surface area (Å²) < 4.78 is 40.2.